The van der Waals surface area contributed by atoms with E-state index in [4.69, 9.17) is 4.74 Å². The number of amides is 1. The number of nitrogens with zero attached hydrogens (tertiary/aromatic N) is 1. The maximum Gasteiger partial charge on any atom is 0.240 e. The highest BCUT2D eigenvalue weighted by Gasteiger charge is 2.39. The molecule has 2 aliphatic rings. The molecule has 1 N–H and O–H groups in total. The molecule has 1 aromatic rings. The van der Waals surface area contributed by atoms with Gasteiger partial charge >= 0.3 is 0 Å². The van der Waals surface area contributed by atoms with Gasteiger partial charge in [-0.15, -0.1) is 0 Å². The molecule has 3 rings (SSSR count). The molecule has 1 aromatic carbocycles. The fourth-order valence-electron chi connectivity index (χ4n) is 3.32. The van der Waals surface area contributed by atoms with Crippen molar-refractivity contribution in [3.05, 3.63) is 23.8 Å². The third kappa shape index (κ3) is 4.27. The summed E-state index contributed by atoms with van der Waals surface area (Å²) in [6.45, 7) is 6.79. The van der Waals surface area contributed by atoms with Gasteiger partial charge in [-0.05, 0) is 70.2 Å². The predicted molar refractivity (Wildman–Crippen MR) is 101 cm³/mol. The number of nitrogens with one attached hydrogen (secondary N) is 1. The summed E-state index contributed by atoms with van der Waals surface area (Å²) in [5.41, 5.74) is 1.79. The average molecular weight is 381 g/mol. The number of rotatable bonds is 8. The fourth-order valence-corrected chi connectivity index (χ4v) is 4.44. The van der Waals surface area contributed by atoms with Crippen LogP contribution in [0.15, 0.2) is 23.1 Å². The van der Waals surface area contributed by atoms with Crippen LogP contribution >= 0.6 is 0 Å². The van der Waals surface area contributed by atoms with Crippen LogP contribution in [0.1, 0.15) is 45.6 Å². The zero-order valence-electron chi connectivity index (χ0n) is 15.7. The second-order valence-electron chi connectivity index (χ2n) is 7.50. The zero-order valence-corrected chi connectivity index (χ0v) is 16.5. The number of carbonyl (C=O) groups excluding carboxylic acids is 1. The van der Waals surface area contributed by atoms with E-state index in [2.05, 4.69) is 4.72 Å². The lowest BCUT2D eigenvalue weighted by atomic mass is 10.1. The summed E-state index contributed by atoms with van der Waals surface area (Å²) in [6, 6.07) is 5.16. The molecule has 1 aliphatic carbocycles. The lowest BCUT2D eigenvalue weighted by molar-refractivity contribution is -0.120. The van der Waals surface area contributed by atoms with Crippen molar-refractivity contribution in [2.24, 2.45) is 5.92 Å². The summed E-state index contributed by atoms with van der Waals surface area (Å²) in [7, 11) is -3.55. The molecule has 26 heavy (non-hydrogen) atoms. The Kier molecular flexibility index (Phi) is 5.69. The molecule has 0 bridgehead atoms. The van der Waals surface area contributed by atoms with E-state index in [9.17, 15) is 13.2 Å². The van der Waals surface area contributed by atoms with Crippen LogP contribution in [0.5, 0.6) is 0 Å². The maximum atomic E-state index is 12.5. The highest BCUT2D eigenvalue weighted by atomic mass is 32.2. The molecule has 1 saturated carbocycles. The molecular weight excluding hydrogens is 352 g/mol. The summed E-state index contributed by atoms with van der Waals surface area (Å²) in [5, 5.41) is 0. The monoisotopic (exact) mass is 380 g/mol. The molecule has 7 heteroatoms. The second-order valence-corrected chi connectivity index (χ2v) is 9.26. The second kappa shape index (κ2) is 7.66. The molecule has 0 saturated heterocycles. The zero-order chi connectivity index (χ0) is 18.9. The molecule has 1 fully saturated rings. The van der Waals surface area contributed by atoms with Crippen LogP contribution in [-0.2, 0) is 26.0 Å². The van der Waals surface area contributed by atoms with E-state index in [0.29, 0.717) is 26.0 Å². The minimum atomic E-state index is -3.55. The number of hydrogen-bond donors (Lipinski definition) is 1. The highest BCUT2D eigenvalue weighted by molar-refractivity contribution is 7.89. The van der Waals surface area contributed by atoms with E-state index >= 15 is 0 Å². The first-order chi connectivity index (χ1) is 12.3. The largest absolute Gasteiger partial charge is 0.379 e. The number of sulfonamides is 1. The number of carbonyl (C=O) groups is 1. The molecular formula is C19H28N2O4S. The summed E-state index contributed by atoms with van der Waals surface area (Å²) >= 11 is 0. The third-order valence-electron chi connectivity index (χ3n) is 4.81. The summed E-state index contributed by atoms with van der Waals surface area (Å²) in [4.78, 5) is 14.6. The van der Waals surface area contributed by atoms with E-state index in [1.54, 1.807) is 18.2 Å². The highest BCUT2D eigenvalue weighted by Crippen LogP contribution is 2.39. The Labute approximate surface area is 156 Å². The molecule has 0 aromatic heterocycles. The minimum absolute atomic E-state index is 0.0807. The standard InChI is InChI=1S/C19H28N2O4S/c1-13(2)25-10-4-9-20-26(23,24)17-7-8-18-16(12-17)11-14(3)21(18)19(22)15-5-6-15/h7-8,12-15,20H,4-6,9-11H2,1-3H3/t14-/m1/s1. The van der Waals surface area contributed by atoms with Crippen LogP contribution in [0.3, 0.4) is 0 Å². The van der Waals surface area contributed by atoms with Crippen LogP contribution in [-0.4, -0.2) is 39.6 Å². The molecule has 1 atom stereocenters. The van der Waals surface area contributed by atoms with Gasteiger partial charge in [-0.3, -0.25) is 4.79 Å². The summed E-state index contributed by atoms with van der Waals surface area (Å²) in [5.74, 6) is 0.330. The molecule has 0 radical (unpaired) electrons. The van der Waals surface area contributed by atoms with E-state index in [0.717, 1.165) is 24.1 Å². The Bertz CT molecular complexity index is 772. The topological polar surface area (TPSA) is 75.7 Å². The molecule has 1 heterocycles. The van der Waals surface area contributed by atoms with Crippen molar-refractivity contribution in [2.75, 3.05) is 18.1 Å². The van der Waals surface area contributed by atoms with Gasteiger partial charge in [0.05, 0.1) is 11.0 Å². The van der Waals surface area contributed by atoms with E-state index < -0.39 is 10.0 Å². The van der Waals surface area contributed by atoms with E-state index in [1.165, 1.54) is 0 Å². The normalized spacial score (nSPS) is 19.8. The lowest BCUT2D eigenvalue weighted by Crippen LogP contribution is -2.36. The van der Waals surface area contributed by atoms with Crippen molar-refractivity contribution in [1.82, 2.24) is 4.72 Å². The van der Waals surface area contributed by atoms with Crippen molar-refractivity contribution in [1.29, 1.82) is 0 Å². The Morgan fingerprint density at radius 2 is 2.08 bits per heavy atom. The number of fused-ring (bicyclic) bond motifs is 1. The lowest BCUT2D eigenvalue weighted by Gasteiger charge is -2.22. The van der Waals surface area contributed by atoms with E-state index in [-0.39, 0.29) is 28.9 Å². The first-order valence-electron chi connectivity index (χ1n) is 9.37. The number of ether oxygens (including phenoxy) is 1. The van der Waals surface area contributed by atoms with Crippen LogP contribution in [0.4, 0.5) is 5.69 Å². The van der Waals surface area contributed by atoms with Gasteiger partial charge in [-0.1, -0.05) is 0 Å². The van der Waals surface area contributed by atoms with Gasteiger partial charge in [0.1, 0.15) is 0 Å². The first kappa shape index (κ1) is 19.3. The smallest absolute Gasteiger partial charge is 0.240 e. The SMILES string of the molecule is CC(C)OCCCNS(=O)(=O)c1ccc2c(c1)C[C@@H](C)N2C(=O)C1CC1. The third-order valence-corrected chi connectivity index (χ3v) is 6.26. The minimum Gasteiger partial charge on any atom is -0.379 e. The van der Waals surface area contributed by atoms with Gasteiger partial charge in [0.2, 0.25) is 15.9 Å². The molecule has 144 valence electrons. The molecule has 0 unspecified atom stereocenters. The van der Waals surface area contributed by atoms with Crippen LogP contribution in [0, 0.1) is 5.92 Å². The Morgan fingerprint density at radius 3 is 2.73 bits per heavy atom. The number of benzene rings is 1. The number of anilines is 1. The summed E-state index contributed by atoms with van der Waals surface area (Å²) in [6.07, 6.45) is 3.40. The average Bonchev–Trinajstić information content (AvgIpc) is 3.35. The van der Waals surface area contributed by atoms with Crippen LogP contribution < -0.4 is 9.62 Å². The molecule has 6 nitrogen and oxygen atoms in total. The van der Waals surface area contributed by atoms with Gasteiger partial charge in [-0.25, -0.2) is 13.1 Å². The number of hydrogen-bond acceptors (Lipinski definition) is 4. The van der Waals surface area contributed by atoms with Gasteiger partial charge in [-0.2, -0.15) is 0 Å². The van der Waals surface area contributed by atoms with Gasteiger partial charge in [0, 0.05) is 30.8 Å². The Balaban J connectivity index is 1.67. The predicted octanol–water partition coefficient (Wildman–Crippen LogP) is 2.47. The van der Waals surface area contributed by atoms with Crippen molar-refractivity contribution in [3.63, 3.8) is 0 Å². The Morgan fingerprint density at radius 1 is 1.35 bits per heavy atom. The molecule has 1 aliphatic heterocycles. The van der Waals surface area contributed by atoms with Crippen molar-refractivity contribution < 1.29 is 17.9 Å². The van der Waals surface area contributed by atoms with Crippen molar-refractivity contribution in [3.8, 4) is 0 Å². The van der Waals surface area contributed by atoms with Gasteiger partial charge in [0.15, 0.2) is 0 Å². The van der Waals surface area contributed by atoms with Crippen molar-refractivity contribution >= 4 is 21.6 Å². The van der Waals surface area contributed by atoms with Crippen molar-refractivity contribution in [2.45, 2.75) is 63.5 Å². The summed E-state index contributed by atoms with van der Waals surface area (Å²) < 4.78 is 33.1. The Hall–Kier alpha value is -1.44. The first-order valence-corrected chi connectivity index (χ1v) is 10.8. The maximum absolute atomic E-state index is 12.5. The molecule has 1 amide bonds. The van der Waals surface area contributed by atoms with Gasteiger partial charge in [0.25, 0.3) is 0 Å². The quantitative estimate of drug-likeness (QED) is 0.703. The fraction of sp³-hybridized carbons (Fsp3) is 0.632. The van der Waals surface area contributed by atoms with Gasteiger partial charge < -0.3 is 9.64 Å². The van der Waals surface area contributed by atoms with Crippen LogP contribution in [0.2, 0.25) is 0 Å². The van der Waals surface area contributed by atoms with Crippen LogP contribution in [0.25, 0.3) is 0 Å². The molecule has 0 spiro atoms. The van der Waals surface area contributed by atoms with E-state index in [1.807, 2.05) is 25.7 Å².